The van der Waals surface area contributed by atoms with Gasteiger partial charge in [0, 0.05) is 29.1 Å². The fourth-order valence-corrected chi connectivity index (χ4v) is 3.40. The fraction of sp³-hybridized carbons (Fsp3) is 0.182. The van der Waals surface area contributed by atoms with Gasteiger partial charge in [0.25, 0.3) is 0 Å². The molecule has 4 rings (SSSR count). The molecule has 1 aliphatic heterocycles. The Labute approximate surface area is 166 Å². The van der Waals surface area contributed by atoms with Gasteiger partial charge in [0.05, 0.1) is 19.7 Å². The van der Waals surface area contributed by atoms with Gasteiger partial charge >= 0.3 is 5.97 Å². The van der Waals surface area contributed by atoms with Crippen LogP contribution < -0.4 is 10.2 Å². The SMILES string of the molecule is COC(=O)c1c(CC2=COCO2)c(=O)c2ccc(OC)cc2n1-c1ccccc1. The van der Waals surface area contributed by atoms with E-state index in [9.17, 15) is 9.59 Å². The molecule has 1 aromatic heterocycles. The minimum atomic E-state index is -0.620. The van der Waals surface area contributed by atoms with Crippen LogP contribution in [0.3, 0.4) is 0 Å². The molecule has 7 heteroatoms. The Morgan fingerprint density at radius 3 is 2.59 bits per heavy atom. The Morgan fingerprint density at radius 2 is 1.93 bits per heavy atom. The molecule has 0 unspecified atom stereocenters. The number of pyridine rings is 1. The van der Waals surface area contributed by atoms with Crippen molar-refractivity contribution in [3.63, 3.8) is 0 Å². The minimum absolute atomic E-state index is 0.0839. The van der Waals surface area contributed by atoms with E-state index in [0.29, 0.717) is 28.1 Å². The molecule has 1 aliphatic rings. The molecule has 0 spiro atoms. The molecule has 0 amide bonds. The lowest BCUT2D eigenvalue weighted by Gasteiger charge is -2.19. The summed E-state index contributed by atoms with van der Waals surface area (Å²) >= 11 is 0. The van der Waals surface area contributed by atoms with E-state index in [1.54, 1.807) is 29.9 Å². The van der Waals surface area contributed by atoms with E-state index in [0.717, 1.165) is 0 Å². The normalized spacial score (nSPS) is 12.8. The zero-order valence-electron chi connectivity index (χ0n) is 16.0. The third-order valence-electron chi connectivity index (χ3n) is 4.75. The molecule has 0 fully saturated rings. The molecule has 29 heavy (non-hydrogen) atoms. The van der Waals surface area contributed by atoms with Crippen LogP contribution in [0.4, 0.5) is 0 Å². The maximum atomic E-state index is 13.4. The Balaban J connectivity index is 2.12. The Bertz CT molecular complexity index is 1160. The summed E-state index contributed by atoms with van der Waals surface area (Å²) in [6.45, 7) is 0.0839. The number of methoxy groups -OCH3 is 2. The second-order valence-corrected chi connectivity index (χ2v) is 6.39. The molecular weight excluding hydrogens is 374 g/mol. The number of nitrogens with zero attached hydrogens (tertiary/aromatic N) is 1. The zero-order valence-corrected chi connectivity index (χ0v) is 16.0. The number of carbonyl (C=O) groups excluding carboxylic acids is 1. The lowest BCUT2D eigenvalue weighted by Crippen LogP contribution is -2.25. The number of benzene rings is 2. The minimum Gasteiger partial charge on any atom is -0.497 e. The summed E-state index contributed by atoms with van der Waals surface area (Å²) in [5.74, 6) is 0.422. The molecule has 3 aromatic rings. The summed E-state index contributed by atoms with van der Waals surface area (Å²) in [5, 5.41) is 0.455. The van der Waals surface area contributed by atoms with E-state index in [1.165, 1.54) is 13.4 Å². The van der Waals surface area contributed by atoms with Crippen LogP contribution in [-0.2, 0) is 20.6 Å². The number of para-hydroxylation sites is 1. The topological polar surface area (TPSA) is 76.0 Å². The fourth-order valence-electron chi connectivity index (χ4n) is 3.40. The van der Waals surface area contributed by atoms with Gasteiger partial charge in [-0.2, -0.15) is 0 Å². The quantitative estimate of drug-likeness (QED) is 0.620. The maximum absolute atomic E-state index is 13.4. The molecule has 2 heterocycles. The summed E-state index contributed by atoms with van der Waals surface area (Å²) in [5.41, 5.74) is 1.40. The number of allylic oxidation sites excluding steroid dienone is 1. The van der Waals surface area contributed by atoms with Gasteiger partial charge in [-0.15, -0.1) is 0 Å². The summed E-state index contributed by atoms with van der Waals surface area (Å²) in [6, 6.07) is 14.4. The Hall–Kier alpha value is -3.74. The van der Waals surface area contributed by atoms with E-state index >= 15 is 0 Å². The molecule has 0 bridgehead atoms. The van der Waals surface area contributed by atoms with Crippen molar-refractivity contribution in [1.29, 1.82) is 0 Å². The van der Waals surface area contributed by atoms with Gasteiger partial charge in [-0.3, -0.25) is 4.79 Å². The summed E-state index contributed by atoms with van der Waals surface area (Å²) in [7, 11) is 2.84. The molecule has 0 atom stereocenters. The van der Waals surface area contributed by atoms with E-state index in [4.69, 9.17) is 18.9 Å². The van der Waals surface area contributed by atoms with Gasteiger partial charge in [-0.05, 0) is 24.3 Å². The van der Waals surface area contributed by atoms with Crippen LogP contribution in [0.2, 0.25) is 0 Å². The van der Waals surface area contributed by atoms with Crippen molar-refractivity contribution in [2.45, 2.75) is 6.42 Å². The van der Waals surface area contributed by atoms with Gasteiger partial charge in [0.2, 0.25) is 6.79 Å². The molecule has 0 aliphatic carbocycles. The van der Waals surface area contributed by atoms with Crippen molar-refractivity contribution in [2.24, 2.45) is 0 Å². The zero-order chi connectivity index (χ0) is 20.4. The lowest BCUT2D eigenvalue weighted by atomic mass is 10.0. The number of carbonyl (C=O) groups is 1. The predicted molar refractivity (Wildman–Crippen MR) is 106 cm³/mol. The average Bonchev–Trinajstić information content (AvgIpc) is 3.28. The van der Waals surface area contributed by atoms with Crippen LogP contribution in [0.1, 0.15) is 16.1 Å². The van der Waals surface area contributed by atoms with Crippen molar-refractivity contribution < 1.29 is 23.7 Å². The molecule has 2 aromatic carbocycles. The molecular formula is C22H19NO6. The molecule has 0 saturated heterocycles. The van der Waals surface area contributed by atoms with Crippen LogP contribution in [0, 0.1) is 0 Å². The second kappa shape index (κ2) is 7.71. The highest BCUT2D eigenvalue weighted by Crippen LogP contribution is 2.27. The van der Waals surface area contributed by atoms with Crippen LogP contribution in [0.15, 0.2) is 65.3 Å². The standard InChI is InChI=1S/C22H19NO6/c1-26-15-8-9-17-19(11-15)23(14-6-4-3-5-7-14)20(22(25)27-2)18(21(17)24)10-16-12-28-13-29-16/h3-9,11-12H,10,13H2,1-2H3. The highest BCUT2D eigenvalue weighted by atomic mass is 16.7. The smallest absolute Gasteiger partial charge is 0.355 e. The van der Waals surface area contributed by atoms with Gasteiger partial charge in [-0.25, -0.2) is 4.79 Å². The monoisotopic (exact) mass is 393 g/mol. The average molecular weight is 393 g/mol. The van der Waals surface area contributed by atoms with Crippen molar-refractivity contribution in [1.82, 2.24) is 4.57 Å². The Kier molecular flexibility index (Phi) is 4.95. The molecule has 7 nitrogen and oxygen atoms in total. The number of aromatic nitrogens is 1. The first-order valence-electron chi connectivity index (χ1n) is 8.97. The third kappa shape index (κ3) is 3.31. The van der Waals surface area contributed by atoms with Crippen molar-refractivity contribution in [3.05, 3.63) is 82.0 Å². The number of fused-ring (bicyclic) bond motifs is 1. The van der Waals surface area contributed by atoms with Crippen LogP contribution in [-0.4, -0.2) is 31.5 Å². The number of hydrogen-bond acceptors (Lipinski definition) is 6. The van der Waals surface area contributed by atoms with E-state index in [-0.39, 0.29) is 29.9 Å². The van der Waals surface area contributed by atoms with Gasteiger partial charge in [0.15, 0.2) is 5.43 Å². The molecule has 0 radical (unpaired) electrons. The predicted octanol–water partition coefficient (Wildman–Crippen LogP) is 3.17. The van der Waals surface area contributed by atoms with Crippen molar-refractivity contribution in [3.8, 4) is 11.4 Å². The highest BCUT2D eigenvalue weighted by molar-refractivity contribution is 5.95. The number of esters is 1. The van der Waals surface area contributed by atoms with Gasteiger partial charge in [-0.1, -0.05) is 18.2 Å². The second-order valence-electron chi connectivity index (χ2n) is 6.39. The van der Waals surface area contributed by atoms with E-state index < -0.39 is 5.97 Å². The summed E-state index contributed by atoms with van der Waals surface area (Å²) < 4.78 is 22.6. The first kappa shape index (κ1) is 18.6. The van der Waals surface area contributed by atoms with Gasteiger partial charge in [0.1, 0.15) is 23.5 Å². The molecule has 0 N–H and O–H groups in total. The largest absolute Gasteiger partial charge is 0.497 e. The number of ether oxygens (including phenoxy) is 4. The third-order valence-corrected chi connectivity index (χ3v) is 4.75. The van der Waals surface area contributed by atoms with Crippen LogP contribution in [0.5, 0.6) is 5.75 Å². The number of hydrogen-bond donors (Lipinski definition) is 0. The summed E-state index contributed by atoms with van der Waals surface area (Å²) in [6.07, 6.45) is 1.56. The van der Waals surface area contributed by atoms with Crippen LogP contribution >= 0.6 is 0 Å². The van der Waals surface area contributed by atoms with Crippen molar-refractivity contribution in [2.75, 3.05) is 21.0 Å². The van der Waals surface area contributed by atoms with Gasteiger partial charge < -0.3 is 23.5 Å². The first-order chi connectivity index (χ1) is 14.1. The maximum Gasteiger partial charge on any atom is 0.355 e. The number of rotatable bonds is 5. The molecule has 148 valence electrons. The van der Waals surface area contributed by atoms with E-state index in [1.807, 2.05) is 30.3 Å². The van der Waals surface area contributed by atoms with Crippen molar-refractivity contribution >= 4 is 16.9 Å². The van der Waals surface area contributed by atoms with E-state index in [2.05, 4.69) is 0 Å². The summed E-state index contributed by atoms with van der Waals surface area (Å²) in [4.78, 5) is 26.2. The Morgan fingerprint density at radius 1 is 1.14 bits per heavy atom. The highest BCUT2D eigenvalue weighted by Gasteiger charge is 2.26. The lowest BCUT2D eigenvalue weighted by molar-refractivity contribution is 0.0589. The molecule has 0 saturated carbocycles. The first-order valence-corrected chi connectivity index (χ1v) is 8.97. The van der Waals surface area contributed by atoms with Crippen LogP contribution in [0.25, 0.3) is 16.6 Å².